The van der Waals surface area contributed by atoms with Crippen molar-refractivity contribution in [1.29, 1.82) is 0 Å². The molecule has 1 saturated heterocycles. The van der Waals surface area contributed by atoms with Gasteiger partial charge in [0.25, 0.3) is 0 Å². The normalized spacial score (nSPS) is 20.1. The van der Waals surface area contributed by atoms with Crippen molar-refractivity contribution in [3.63, 3.8) is 0 Å². The van der Waals surface area contributed by atoms with Crippen molar-refractivity contribution in [3.8, 4) is 0 Å². The number of esters is 1. The average molecular weight is 949 g/mol. The second kappa shape index (κ2) is 48.6. The Balaban J connectivity index is 2.24. The van der Waals surface area contributed by atoms with Crippen molar-refractivity contribution in [2.24, 2.45) is 0 Å². The molecule has 1 aliphatic rings. The summed E-state index contributed by atoms with van der Waals surface area (Å²) in [5, 5.41) is 40.3. The molecule has 1 aliphatic heterocycles. The minimum absolute atomic E-state index is 0.112. The molecule has 1 rings (SSSR count). The predicted octanol–water partition coefficient (Wildman–Crippen LogP) is 13.5. The number of rotatable bonds is 44. The lowest BCUT2D eigenvalue weighted by Crippen LogP contribution is -2.59. The van der Waals surface area contributed by atoms with Gasteiger partial charge in [0.1, 0.15) is 30.5 Å². The molecule has 1 heterocycles. The van der Waals surface area contributed by atoms with Gasteiger partial charge in [-0.1, -0.05) is 193 Å². The maximum Gasteiger partial charge on any atom is 0.306 e. The zero-order valence-corrected chi connectivity index (χ0v) is 42.6. The molecule has 0 aromatic carbocycles. The summed E-state index contributed by atoms with van der Waals surface area (Å²) >= 11 is 0. The molecule has 0 saturated carbocycles. The van der Waals surface area contributed by atoms with Gasteiger partial charge in [-0.15, -0.1) is 0 Å². The number of aliphatic hydroxyl groups excluding tert-OH is 4. The molecule has 9 nitrogen and oxygen atoms in total. The number of hydrogen-bond acceptors (Lipinski definition) is 9. The third-order valence-corrected chi connectivity index (χ3v) is 11.4. The second-order valence-corrected chi connectivity index (χ2v) is 17.6. The van der Waals surface area contributed by atoms with Crippen LogP contribution in [-0.4, -0.2) is 89.6 Å². The lowest BCUT2D eigenvalue weighted by Gasteiger charge is -2.39. The summed E-state index contributed by atoms with van der Waals surface area (Å²) < 4.78 is 22.9. The van der Waals surface area contributed by atoms with E-state index in [-0.39, 0.29) is 19.2 Å². The molecule has 0 amide bonds. The van der Waals surface area contributed by atoms with Gasteiger partial charge in [0, 0.05) is 13.0 Å². The highest BCUT2D eigenvalue weighted by Gasteiger charge is 2.44. The lowest BCUT2D eigenvalue weighted by molar-refractivity contribution is -0.305. The average Bonchev–Trinajstić information content (AvgIpc) is 3.34. The Morgan fingerprint density at radius 1 is 0.471 bits per heavy atom. The van der Waals surface area contributed by atoms with Crippen LogP contribution in [0.2, 0.25) is 0 Å². The monoisotopic (exact) mass is 949 g/mol. The first-order valence-electron chi connectivity index (χ1n) is 26.6. The van der Waals surface area contributed by atoms with Crippen molar-refractivity contribution in [3.05, 3.63) is 122 Å². The molecular formula is C59H96O9. The predicted molar refractivity (Wildman–Crippen MR) is 283 cm³/mol. The van der Waals surface area contributed by atoms with Gasteiger partial charge < -0.3 is 39.4 Å². The van der Waals surface area contributed by atoms with E-state index in [1.807, 2.05) is 0 Å². The van der Waals surface area contributed by atoms with Crippen molar-refractivity contribution >= 4 is 5.97 Å². The molecule has 0 bridgehead atoms. The summed E-state index contributed by atoms with van der Waals surface area (Å²) in [7, 11) is 0. The first-order chi connectivity index (χ1) is 33.4. The van der Waals surface area contributed by atoms with Gasteiger partial charge in [-0.05, 0) is 103 Å². The van der Waals surface area contributed by atoms with Gasteiger partial charge in [0.2, 0.25) is 0 Å². The van der Waals surface area contributed by atoms with Crippen LogP contribution >= 0.6 is 0 Å². The molecule has 6 atom stereocenters. The molecule has 1 fully saturated rings. The maximum absolute atomic E-state index is 12.9. The van der Waals surface area contributed by atoms with Crippen LogP contribution in [0, 0.1) is 0 Å². The van der Waals surface area contributed by atoms with E-state index in [2.05, 4.69) is 135 Å². The number of hydrogen-bond donors (Lipinski definition) is 4. The van der Waals surface area contributed by atoms with Crippen LogP contribution in [0.5, 0.6) is 0 Å². The highest BCUT2D eigenvalue weighted by molar-refractivity contribution is 5.69. The summed E-state index contributed by atoms with van der Waals surface area (Å²) in [4.78, 5) is 12.9. The van der Waals surface area contributed by atoms with Crippen LogP contribution in [0.4, 0.5) is 0 Å². The van der Waals surface area contributed by atoms with Crippen LogP contribution < -0.4 is 0 Å². The quantitative estimate of drug-likeness (QED) is 0.0267. The lowest BCUT2D eigenvalue weighted by atomic mass is 9.99. The Kier molecular flexibility index (Phi) is 44.8. The summed E-state index contributed by atoms with van der Waals surface area (Å²) in [6, 6.07) is 0. The van der Waals surface area contributed by atoms with Gasteiger partial charge in [0.15, 0.2) is 6.29 Å². The Morgan fingerprint density at radius 2 is 0.853 bits per heavy atom. The van der Waals surface area contributed by atoms with Crippen LogP contribution in [-0.2, 0) is 23.7 Å². The first-order valence-corrected chi connectivity index (χ1v) is 26.6. The minimum Gasteiger partial charge on any atom is -0.457 e. The van der Waals surface area contributed by atoms with Crippen LogP contribution in [0.1, 0.15) is 181 Å². The van der Waals surface area contributed by atoms with Crippen molar-refractivity contribution in [2.45, 2.75) is 218 Å². The summed E-state index contributed by atoms with van der Waals surface area (Å²) in [6.45, 7) is 4.23. The maximum atomic E-state index is 12.9. The van der Waals surface area contributed by atoms with E-state index in [1.165, 1.54) is 44.9 Å². The van der Waals surface area contributed by atoms with Gasteiger partial charge in [-0.3, -0.25) is 4.79 Å². The Labute approximate surface area is 414 Å². The molecule has 4 N–H and O–H groups in total. The van der Waals surface area contributed by atoms with E-state index in [4.69, 9.17) is 18.9 Å². The van der Waals surface area contributed by atoms with Crippen LogP contribution in [0.15, 0.2) is 122 Å². The zero-order valence-electron chi connectivity index (χ0n) is 42.6. The highest BCUT2D eigenvalue weighted by atomic mass is 16.7. The first kappa shape index (κ1) is 62.6. The summed E-state index contributed by atoms with van der Waals surface area (Å²) in [5.41, 5.74) is 0. The molecule has 0 radical (unpaired) electrons. The van der Waals surface area contributed by atoms with E-state index in [0.717, 1.165) is 116 Å². The molecule has 0 aliphatic carbocycles. The van der Waals surface area contributed by atoms with Gasteiger partial charge in [0.05, 0.1) is 19.8 Å². The molecule has 9 heteroatoms. The third kappa shape index (κ3) is 38.4. The third-order valence-electron chi connectivity index (χ3n) is 11.4. The number of allylic oxidation sites excluding steroid dienone is 20. The van der Waals surface area contributed by atoms with Crippen LogP contribution in [0.25, 0.3) is 0 Å². The Hall–Kier alpha value is -3.41. The molecule has 0 spiro atoms. The van der Waals surface area contributed by atoms with Crippen molar-refractivity contribution in [1.82, 2.24) is 0 Å². The zero-order chi connectivity index (χ0) is 49.2. The molecule has 6 unspecified atom stereocenters. The smallest absolute Gasteiger partial charge is 0.306 e. The largest absolute Gasteiger partial charge is 0.457 e. The molecular weight excluding hydrogens is 853 g/mol. The molecule has 68 heavy (non-hydrogen) atoms. The SMILES string of the molecule is CC/C=C\C/C=C\C/C=C\C/C=C\C/C=C\C/C=C\CCCCCOCC(COC1OC(CO)C(O)C(O)C1O)OC(=O)CCCCCCCCCCCC/C=C\C/C=C\C/C=C\C/C=C\CC. The highest BCUT2D eigenvalue weighted by Crippen LogP contribution is 2.22. The molecule has 0 aromatic rings. The van der Waals surface area contributed by atoms with E-state index in [0.29, 0.717) is 13.0 Å². The standard InChI is InChI=1S/C59H96O9/c1-3-5-7-9-11-13-15-17-19-21-23-25-27-28-30-32-34-36-38-40-42-44-46-48-55(61)67-53(52-66-59-58(64)57(63)56(62)54(50-60)68-59)51-65-49-47-45-43-41-39-37-35-33-31-29-26-24-22-20-18-16-14-12-10-8-6-4-2/h5-8,11-14,17-20,23-26,31,33,37,39,53-54,56-60,62-64H,3-4,9-10,15-16,21-22,27-30,32,34-36,38,40-52H2,1-2H3/b7-5-,8-6-,13-11-,14-12-,19-17-,20-18-,25-23-,26-24-,33-31-,39-37-. The Bertz CT molecular complexity index is 1450. The fourth-order valence-electron chi connectivity index (χ4n) is 7.31. The van der Waals surface area contributed by atoms with Gasteiger partial charge >= 0.3 is 5.97 Å². The number of carbonyl (C=O) groups is 1. The summed E-state index contributed by atoms with van der Waals surface area (Å²) in [6.07, 6.45) is 63.7. The summed E-state index contributed by atoms with van der Waals surface area (Å²) in [5.74, 6) is -0.336. The number of ether oxygens (including phenoxy) is 4. The number of aliphatic hydroxyl groups is 4. The van der Waals surface area contributed by atoms with E-state index in [1.54, 1.807) is 0 Å². The fourth-order valence-corrected chi connectivity index (χ4v) is 7.31. The molecule has 0 aromatic heterocycles. The second-order valence-electron chi connectivity index (χ2n) is 17.6. The number of unbranched alkanes of at least 4 members (excludes halogenated alkanes) is 13. The Morgan fingerprint density at radius 3 is 1.28 bits per heavy atom. The van der Waals surface area contributed by atoms with Crippen LogP contribution in [0.3, 0.4) is 0 Å². The minimum atomic E-state index is -1.55. The van der Waals surface area contributed by atoms with Gasteiger partial charge in [-0.2, -0.15) is 0 Å². The van der Waals surface area contributed by atoms with Crippen molar-refractivity contribution < 1.29 is 44.2 Å². The van der Waals surface area contributed by atoms with E-state index < -0.39 is 43.4 Å². The van der Waals surface area contributed by atoms with Gasteiger partial charge in [-0.25, -0.2) is 0 Å². The van der Waals surface area contributed by atoms with E-state index in [9.17, 15) is 25.2 Å². The topological polar surface area (TPSA) is 135 Å². The van der Waals surface area contributed by atoms with Crippen molar-refractivity contribution in [2.75, 3.05) is 26.4 Å². The van der Waals surface area contributed by atoms with E-state index >= 15 is 0 Å². The molecule has 386 valence electrons. The number of carbonyl (C=O) groups excluding carboxylic acids is 1. The fraction of sp³-hybridized carbons (Fsp3) is 0.644.